The zero-order valence-corrected chi connectivity index (χ0v) is 12.9. The Hall–Kier alpha value is -1.92. The van der Waals surface area contributed by atoms with Gasteiger partial charge in [0.15, 0.2) is 0 Å². The Kier molecular flexibility index (Phi) is 3.66. The molecule has 7 heteroatoms. The zero-order chi connectivity index (χ0) is 15.9. The summed E-state index contributed by atoms with van der Waals surface area (Å²) in [6.07, 6.45) is 0.670. The Bertz CT molecular complexity index is 794. The number of hydrogen-bond donors (Lipinski definition) is 2. The molecule has 1 aromatic heterocycles. The van der Waals surface area contributed by atoms with Gasteiger partial charge in [0.25, 0.3) is 5.56 Å². The van der Waals surface area contributed by atoms with Crippen LogP contribution < -0.4 is 5.56 Å². The van der Waals surface area contributed by atoms with Crippen LogP contribution in [0.15, 0.2) is 23.0 Å². The van der Waals surface area contributed by atoms with Crippen LogP contribution in [0.25, 0.3) is 10.9 Å². The lowest BCUT2D eigenvalue weighted by Gasteiger charge is -2.36. The van der Waals surface area contributed by atoms with Gasteiger partial charge in [0.1, 0.15) is 11.4 Å². The first-order chi connectivity index (χ1) is 10.4. The first-order valence-electron chi connectivity index (χ1n) is 7.07. The number of aromatic amines is 1. The summed E-state index contributed by atoms with van der Waals surface area (Å²) in [6, 6.07) is 4.83. The number of aromatic nitrogens is 2. The smallest absolute Gasteiger partial charge is 0.258 e. The summed E-state index contributed by atoms with van der Waals surface area (Å²) in [4.78, 5) is 32.2. The number of hydrogen-bond acceptors (Lipinski definition) is 4. The highest BCUT2D eigenvalue weighted by molar-refractivity contribution is 6.31. The van der Waals surface area contributed by atoms with Gasteiger partial charge in [0, 0.05) is 37.9 Å². The molecule has 3 rings (SSSR count). The van der Waals surface area contributed by atoms with Gasteiger partial charge in [0.2, 0.25) is 5.91 Å². The molecule has 0 saturated carbocycles. The predicted octanol–water partition coefficient (Wildman–Crippen LogP) is 1.41. The number of H-pyrrole nitrogens is 1. The number of aliphatic hydroxyl groups is 1. The normalized spacial score (nSPS) is 17.7. The average Bonchev–Trinajstić information content (AvgIpc) is 2.47. The summed E-state index contributed by atoms with van der Waals surface area (Å²) in [5.41, 5.74) is -1.09. The van der Waals surface area contributed by atoms with Gasteiger partial charge in [-0.2, -0.15) is 0 Å². The Morgan fingerprint density at radius 1 is 1.41 bits per heavy atom. The van der Waals surface area contributed by atoms with Crippen molar-refractivity contribution in [2.75, 3.05) is 13.1 Å². The van der Waals surface area contributed by atoms with E-state index in [-0.39, 0.29) is 17.3 Å². The number of piperidine rings is 1. The van der Waals surface area contributed by atoms with Crippen molar-refractivity contribution >= 4 is 28.4 Å². The van der Waals surface area contributed by atoms with E-state index in [1.165, 1.54) is 6.92 Å². The fourth-order valence-electron chi connectivity index (χ4n) is 2.76. The van der Waals surface area contributed by atoms with Gasteiger partial charge in [-0.1, -0.05) is 11.6 Å². The second-order valence-electron chi connectivity index (χ2n) is 5.61. The molecule has 0 radical (unpaired) electrons. The first kappa shape index (κ1) is 15.0. The van der Waals surface area contributed by atoms with Crippen LogP contribution in [0.5, 0.6) is 0 Å². The Morgan fingerprint density at radius 3 is 2.73 bits per heavy atom. The molecular weight excluding hydrogens is 306 g/mol. The molecule has 116 valence electrons. The fourth-order valence-corrected chi connectivity index (χ4v) is 2.93. The van der Waals surface area contributed by atoms with Gasteiger partial charge < -0.3 is 15.0 Å². The minimum atomic E-state index is -1.23. The minimum Gasteiger partial charge on any atom is -0.382 e. The van der Waals surface area contributed by atoms with Gasteiger partial charge >= 0.3 is 0 Å². The van der Waals surface area contributed by atoms with Crippen LogP contribution in [-0.4, -0.2) is 39.0 Å². The number of carbonyl (C=O) groups excluding carboxylic acids is 1. The van der Waals surface area contributed by atoms with Crippen molar-refractivity contribution < 1.29 is 9.90 Å². The van der Waals surface area contributed by atoms with Crippen LogP contribution in [0, 0.1) is 0 Å². The summed E-state index contributed by atoms with van der Waals surface area (Å²) in [5.74, 6) is 0.212. The molecule has 0 spiro atoms. The van der Waals surface area contributed by atoms with Crippen LogP contribution in [0.3, 0.4) is 0 Å². The third-order valence-corrected chi connectivity index (χ3v) is 4.38. The first-order valence-corrected chi connectivity index (χ1v) is 7.45. The second-order valence-corrected chi connectivity index (χ2v) is 6.05. The molecule has 1 aliphatic rings. The van der Waals surface area contributed by atoms with Gasteiger partial charge in [0.05, 0.1) is 10.9 Å². The molecule has 0 unspecified atom stereocenters. The molecule has 2 N–H and O–H groups in total. The highest BCUT2D eigenvalue weighted by Crippen LogP contribution is 2.30. The number of rotatable bonds is 1. The molecule has 1 saturated heterocycles. The lowest BCUT2D eigenvalue weighted by atomic mass is 9.90. The van der Waals surface area contributed by atoms with E-state index in [0.717, 1.165) is 0 Å². The largest absolute Gasteiger partial charge is 0.382 e. The summed E-state index contributed by atoms with van der Waals surface area (Å²) in [7, 11) is 0. The lowest BCUT2D eigenvalue weighted by molar-refractivity contribution is -0.133. The monoisotopic (exact) mass is 321 g/mol. The van der Waals surface area contributed by atoms with E-state index < -0.39 is 5.60 Å². The summed E-state index contributed by atoms with van der Waals surface area (Å²) in [6.45, 7) is 2.37. The maximum atomic E-state index is 12.2. The molecule has 2 heterocycles. The summed E-state index contributed by atoms with van der Waals surface area (Å²) >= 11 is 5.94. The molecule has 0 bridgehead atoms. The van der Waals surface area contributed by atoms with Crippen molar-refractivity contribution in [1.82, 2.24) is 14.9 Å². The van der Waals surface area contributed by atoms with Crippen molar-refractivity contribution in [1.29, 1.82) is 0 Å². The molecule has 6 nitrogen and oxygen atoms in total. The molecular formula is C15H16ClN3O3. The number of carbonyl (C=O) groups is 1. The van der Waals surface area contributed by atoms with E-state index in [1.807, 2.05) is 0 Å². The van der Waals surface area contributed by atoms with E-state index in [9.17, 15) is 14.7 Å². The Labute approximate surface area is 131 Å². The quantitative estimate of drug-likeness (QED) is 0.831. The minimum absolute atomic E-state index is 0.0196. The van der Waals surface area contributed by atoms with E-state index in [0.29, 0.717) is 41.9 Å². The van der Waals surface area contributed by atoms with Crippen LogP contribution in [0.1, 0.15) is 25.6 Å². The molecule has 2 aromatic rings. The maximum Gasteiger partial charge on any atom is 0.258 e. The predicted molar refractivity (Wildman–Crippen MR) is 82.8 cm³/mol. The van der Waals surface area contributed by atoms with Gasteiger partial charge in [-0.05, 0) is 18.2 Å². The van der Waals surface area contributed by atoms with Crippen LogP contribution >= 0.6 is 11.6 Å². The van der Waals surface area contributed by atoms with Crippen molar-refractivity contribution in [2.45, 2.75) is 25.4 Å². The number of halogens is 1. The molecule has 1 amide bonds. The molecule has 0 aliphatic carbocycles. The highest BCUT2D eigenvalue weighted by Gasteiger charge is 2.37. The highest BCUT2D eigenvalue weighted by atomic mass is 35.5. The topological polar surface area (TPSA) is 86.3 Å². The average molecular weight is 322 g/mol. The lowest BCUT2D eigenvalue weighted by Crippen LogP contribution is -2.45. The molecule has 1 aliphatic heterocycles. The van der Waals surface area contributed by atoms with E-state index in [2.05, 4.69) is 9.97 Å². The number of nitrogens with one attached hydrogen (secondary N) is 1. The van der Waals surface area contributed by atoms with Crippen LogP contribution in [0.4, 0.5) is 0 Å². The summed E-state index contributed by atoms with van der Waals surface area (Å²) < 4.78 is 0. The van der Waals surface area contributed by atoms with Crippen molar-refractivity contribution in [3.8, 4) is 0 Å². The van der Waals surface area contributed by atoms with Gasteiger partial charge in [-0.3, -0.25) is 9.59 Å². The fraction of sp³-hybridized carbons (Fsp3) is 0.400. The number of benzene rings is 1. The number of nitrogens with zero attached hydrogens (tertiary/aromatic N) is 2. The Morgan fingerprint density at radius 2 is 2.09 bits per heavy atom. The van der Waals surface area contributed by atoms with E-state index in [4.69, 9.17) is 11.6 Å². The number of amides is 1. The summed E-state index contributed by atoms with van der Waals surface area (Å²) in [5, 5.41) is 11.7. The SMILES string of the molecule is CC(=O)N1CCC(O)(c2nc3cc(Cl)ccc3c(=O)[nH]2)CC1. The third kappa shape index (κ3) is 2.60. The molecule has 1 fully saturated rings. The Balaban J connectivity index is 2.00. The maximum absolute atomic E-state index is 12.2. The second kappa shape index (κ2) is 5.37. The van der Waals surface area contributed by atoms with Crippen molar-refractivity contribution in [3.05, 3.63) is 39.4 Å². The van der Waals surface area contributed by atoms with E-state index in [1.54, 1.807) is 23.1 Å². The van der Waals surface area contributed by atoms with Crippen molar-refractivity contribution in [2.24, 2.45) is 0 Å². The molecule has 0 atom stereocenters. The van der Waals surface area contributed by atoms with Crippen LogP contribution in [0.2, 0.25) is 5.02 Å². The van der Waals surface area contributed by atoms with Crippen molar-refractivity contribution in [3.63, 3.8) is 0 Å². The standard InChI is InChI=1S/C15H16ClN3O3/c1-9(20)19-6-4-15(22,5-7-19)14-17-12-8-10(16)2-3-11(12)13(21)18-14/h2-3,8,22H,4-7H2,1H3,(H,17,18,21). The number of fused-ring (bicyclic) bond motifs is 1. The van der Waals surface area contributed by atoms with Crippen LogP contribution in [-0.2, 0) is 10.4 Å². The van der Waals surface area contributed by atoms with E-state index >= 15 is 0 Å². The molecule has 1 aromatic carbocycles. The molecule has 22 heavy (non-hydrogen) atoms. The van der Waals surface area contributed by atoms with Gasteiger partial charge in [-0.15, -0.1) is 0 Å². The number of likely N-dealkylation sites (tertiary alicyclic amines) is 1. The third-order valence-electron chi connectivity index (χ3n) is 4.15. The van der Waals surface area contributed by atoms with Gasteiger partial charge in [-0.25, -0.2) is 4.98 Å². The zero-order valence-electron chi connectivity index (χ0n) is 12.1.